The van der Waals surface area contributed by atoms with Gasteiger partial charge >= 0.3 is 6.18 Å². The monoisotopic (exact) mass is 821 g/mol. The number of piperazine rings is 1. The molecule has 0 unspecified atom stereocenters. The van der Waals surface area contributed by atoms with Crippen LogP contribution in [-0.4, -0.2) is 101 Å². The molecular weight excluding hydrogens is 779 g/mol. The van der Waals surface area contributed by atoms with Crippen LogP contribution in [0, 0.1) is 5.92 Å². The van der Waals surface area contributed by atoms with E-state index in [0.717, 1.165) is 11.1 Å². The van der Waals surface area contributed by atoms with Gasteiger partial charge in [0.05, 0.1) is 18.7 Å². The average Bonchev–Trinajstić information content (AvgIpc) is 3.89. The summed E-state index contributed by atoms with van der Waals surface area (Å²) in [7, 11) is 0. The maximum Gasteiger partial charge on any atom is 0.405 e. The number of nitrogens with one attached hydrogen (secondary N) is 2. The van der Waals surface area contributed by atoms with Gasteiger partial charge in [0.1, 0.15) is 54.1 Å². The van der Waals surface area contributed by atoms with E-state index < -0.39 is 54.7 Å². The summed E-state index contributed by atoms with van der Waals surface area (Å²) in [4.78, 5) is 35.2. The van der Waals surface area contributed by atoms with Crippen molar-refractivity contribution in [1.29, 1.82) is 0 Å². The Balaban J connectivity index is 1.06. The summed E-state index contributed by atoms with van der Waals surface area (Å²) in [5.41, 5.74) is 2.16. The Kier molecular flexibility index (Phi) is 12.8. The van der Waals surface area contributed by atoms with Gasteiger partial charge in [-0.2, -0.15) is 13.2 Å². The largest absolute Gasteiger partial charge is 0.490 e. The van der Waals surface area contributed by atoms with Crippen molar-refractivity contribution in [1.82, 2.24) is 25.4 Å². The summed E-state index contributed by atoms with van der Waals surface area (Å²) in [6.45, 7) is -0.640. The van der Waals surface area contributed by atoms with Crippen LogP contribution >= 0.6 is 11.6 Å². The van der Waals surface area contributed by atoms with Crippen LogP contribution in [0.4, 0.5) is 13.2 Å². The zero-order valence-corrected chi connectivity index (χ0v) is 32.0. The maximum absolute atomic E-state index is 14.1. The standard InChI is InChI=1S/C42H43ClF3N5O7/c43-29-9-7-26(8-10-29)36-14-12-32(58-36)22-50-16-17-51(34(23-50)41(55)48-25-42(44,45)46)21-30(52)18-28(19-31-11-13-37(57-31)27-4-3-15-47-20-27)40(54)49-39-33-5-1-2-6-38(33)56-24-35(39)53/h1-15,20,28,30,34-35,39,52-53H,16-19,21-25H2,(H,48,55)(H,49,54)/t28-,30-,34-,35+,39-/m0/s1. The lowest BCUT2D eigenvalue weighted by atomic mass is 9.92. The minimum atomic E-state index is -4.62. The van der Waals surface area contributed by atoms with Gasteiger partial charge in [0, 0.05) is 72.6 Å². The molecule has 16 heteroatoms. The molecule has 12 nitrogen and oxygen atoms in total. The zero-order chi connectivity index (χ0) is 40.8. The molecular formula is C42H43ClF3N5O7. The highest BCUT2D eigenvalue weighted by atomic mass is 35.5. The van der Waals surface area contributed by atoms with E-state index in [0.29, 0.717) is 52.5 Å². The number of nitrogens with zero attached hydrogens (tertiary/aromatic N) is 3. The van der Waals surface area contributed by atoms with Gasteiger partial charge in [-0.05, 0) is 73.2 Å². The lowest BCUT2D eigenvalue weighted by molar-refractivity contribution is -0.143. The van der Waals surface area contributed by atoms with Crippen LogP contribution in [0.25, 0.3) is 22.6 Å². The van der Waals surface area contributed by atoms with Gasteiger partial charge in [-0.1, -0.05) is 29.8 Å². The first-order valence-corrected chi connectivity index (χ1v) is 19.3. The molecule has 1 saturated heterocycles. The fourth-order valence-corrected chi connectivity index (χ4v) is 7.52. The number of halogens is 4. The van der Waals surface area contributed by atoms with Crippen molar-refractivity contribution in [2.75, 3.05) is 39.3 Å². The number of benzene rings is 2. The molecule has 2 aromatic carbocycles. The van der Waals surface area contributed by atoms with E-state index in [2.05, 4.69) is 10.3 Å². The smallest absolute Gasteiger partial charge is 0.405 e. The Morgan fingerprint density at radius 2 is 1.67 bits per heavy atom. The number of amides is 2. The van der Waals surface area contributed by atoms with Crippen molar-refractivity contribution in [2.45, 2.75) is 49.9 Å². The van der Waals surface area contributed by atoms with E-state index in [1.165, 1.54) is 0 Å². The molecule has 0 saturated carbocycles. The quantitative estimate of drug-likeness (QED) is 0.111. The van der Waals surface area contributed by atoms with Crippen LogP contribution < -0.4 is 15.4 Å². The second-order valence-electron chi connectivity index (χ2n) is 14.6. The average molecular weight is 822 g/mol. The zero-order valence-electron chi connectivity index (χ0n) is 31.3. The molecule has 0 radical (unpaired) electrons. The molecule has 0 spiro atoms. The molecule has 5 heterocycles. The lowest BCUT2D eigenvalue weighted by Gasteiger charge is -2.41. The molecule has 2 aliphatic rings. The number of para-hydroxylation sites is 1. The third-order valence-electron chi connectivity index (χ3n) is 10.3. The highest BCUT2D eigenvalue weighted by molar-refractivity contribution is 6.30. The van der Waals surface area contributed by atoms with E-state index in [1.54, 1.807) is 78.0 Å². The molecule has 5 atom stereocenters. The summed E-state index contributed by atoms with van der Waals surface area (Å²) in [6.07, 6.45) is -3.58. The van der Waals surface area contributed by atoms with E-state index in [9.17, 15) is 33.0 Å². The SMILES string of the molecule is O=C(N[C@H]1c2ccccc2OC[C@H]1O)[C@H](Cc1ccc(-c2cccnc2)o1)C[C@H](O)CN1CCN(Cc2ccc(-c3ccc(Cl)cc3)o2)C[C@H]1C(=O)NCC(F)(F)F. The van der Waals surface area contributed by atoms with Crippen molar-refractivity contribution in [3.8, 4) is 28.4 Å². The highest BCUT2D eigenvalue weighted by Crippen LogP contribution is 2.33. The first-order valence-electron chi connectivity index (χ1n) is 18.9. The van der Waals surface area contributed by atoms with Crippen molar-refractivity contribution in [3.05, 3.63) is 119 Å². The van der Waals surface area contributed by atoms with Crippen LogP contribution in [0.15, 0.2) is 106 Å². The van der Waals surface area contributed by atoms with E-state index >= 15 is 0 Å². The second-order valence-corrected chi connectivity index (χ2v) is 15.0. The number of aliphatic hydroxyl groups excluding tert-OH is 2. The number of hydrogen-bond acceptors (Lipinski definition) is 10. The number of aliphatic hydroxyl groups is 2. The van der Waals surface area contributed by atoms with Gasteiger partial charge in [0.15, 0.2) is 0 Å². The van der Waals surface area contributed by atoms with Gasteiger partial charge < -0.3 is 34.4 Å². The predicted molar refractivity (Wildman–Crippen MR) is 207 cm³/mol. The fourth-order valence-electron chi connectivity index (χ4n) is 7.39. The van der Waals surface area contributed by atoms with Gasteiger partial charge in [-0.25, -0.2) is 0 Å². The minimum absolute atomic E-state index is 0.0326. The molecule has 0 aliphatic carbocycles. The van der Waals surface area contributed by atoms with Gasteiger partial charge in [-0.15, -0.1) is 0 Å². The maximum atomic E-state index is 14.1. The molecule has 5 aromatic rings. The number of ether oxygens (including phenoxy) is 1. The summed E-state index contributed by atoms with van der Waals surface area (Å²) in [5, 5.41) is 28.0. The minimum Gasteiger partial charge on any atom is -0.490 e. The van der Waals surface area contributed by atoms with Gasteiger partial charge in [-0.3, -0.25) is 24.4 Å². The number of furan rings is 2. The molecule has 0 bridgehead atoms. The van der Waals surface area contributed by atoms with Gasteiger partial charge in [0.25, 0.3) is 0 Å². The number of hydrogen-bond donors (Lipinski definition) is 4. The van der Waals surface area contributed by atoms with Crippen LogP contribution in [0.1, 0.15) is 29.5 Å². The van der Waals surface area contributed by atoms with Crippen LogP contribution in [0.5, 0.6) is 5.75 Å². The molecule has 58 heavy (non-hydrogen) atoms. The summed E-state index contributed by atoms with van der Waals surface area (Å²) in [6, 6.07) is 23.1. The van der Waals surface area contributed by atoms with Crippen molar-refractivity contribution in [2.24, 2.45) is 5.92 Å². The number of alkyl halides is 3. The number of carbonyl (C=O) groups is 2. The summed E-state index contributed by atoms with van der Waals surface area (Å²) < 4.78 is 57.5. The molecule has 2 aliphatic heterocycles. The normalized spacial score (nSPS) is 19.8. The topological polar surface area (TPSA) is 154 Å². The Labute approximate surface area is 337 Å². The van der Waals surface area contributed by atoms with Crippen molar-refractivity contribution in [3.63, 3.8) is 0 Å². The molecule has 7 rings (SSSR count). The molecule has 1 fully saturated rings. The van der Waals surface area contributed by atoms with E-state index in [-0.39, 0.29) is 39.1 Å². The molecule has 2 amide bonds. The van der Waals surface area contributed by atoms with Gasteiger partial charge in [0.2, 0.25) is 11.8 Å². The van der Waals surface area contributed by atoms with Crippen LogP contribution in [-0.2, 0) is 22.6 Å². The Morgan fingerprint density at radius 1 is 0.931 bits per heavy atom. The Bertz CT molecular complexity index is 2150. The van der Waals surface area contributed by atoms with Crippen LogP contribution in [0.2, 0.25) is 5.02 Å². The number of rotatable bonds is 14. The second kappa shape index (κ2) is 18.2. The highest BCUT2D eigenvalue weighted by Gasteiger charge is 2.38. The molecule has 4 N–H and O–H groups in total. The number of aromatic nitrogens is 1. The predicted octanol–water partition coefficient (Wildman–Crippen LogP) is 5.64. The number of fused-ring (bicyclic) bond motifs is 1. The van der Waals surface area contributed by atoms with Crippen molar-refractivity contribution < 1.29 is 46.5 Å². The van der Waals surface area contributed by atoms with Crippen molar-refractivity contribution >= 4 is 23.4 Å². The summed E-state index contributed by atoms with van der Waals surface area (Å²) in [5.74, 6) is 0.582. The van der Waals surface area contributed by atoms with E-state index in [4.69, 9.17) is 25.2 Å². The number of pyridine rings is 1. The number of carbonyl (C=O) groups excluding carboxylic acids is 2. The Morgan fingerprint density at radius 3 is 2.43 bits per heavy atom. The number of β-amino-alcohol motifs (C(OH)–C–C–N with tert-alkyl or cyclic N) is 1. The first kappa shape index (κ1) is 41.0. The van der Waals surface area contributed by atoms with Crippen LogP contribution in [0.3, 0.4) is 0 Å². The fraction of sp³-hybridized carbons (Fsp3) is 0.357. The third-order valence-corrected chi connectivity index (χ3v) is 10.5. The Hall–Kier alpha value is -5.19. The lowest BCUT2D eigenvalue weighted by Crippen LogP contribution is -2.60. The molecule has 3 aromatic heterocycles. The van der Waals surface area contributed by atoms with E-state index in [1.807, 2.05) is 34.5 Å². The first-order chi connectivity index (χ1) is 27.9. The molecule has 306 valence electrons. The third kappa shape index (κ3) is 10.5. The summed E-state index contributed by atoms with van der Waals surface area (Å²) >= 11 is 6.02.